The molecule has 0 aliphatic heterocycles. The molecule has 0 saturated heterocycles. The van der Waals surface area contributed by atoms with Gasteiger partial charge in [0, 0.05) is 19.2 Å². The summed E-state index contributed by atoms with van der Waals surface area (Å²) in [5.74, 6) is 0.749. The SMILES string of the molecule is C=C(C1CC1)N(CCCCC)C(C)=O. The minimum Gasteiger partial charge on any atom is -0.317 e. The van der Waals surface area contributed by atoms with Crippen LogP contribution in [0.5, 0.6) is 0 Å². The molecular weight excluding hydrogens is 174 g/mol. The van der Waals surface area contributed by atoms with Gasteiger partial charge in [-0.1, -0.05) is 26.3 Å². The zero-order valence-corrected chi connectivity index (χ0v) is 9.38. The number of unbranched alkanes of at least 4 members (excludes halogenated alkanes) is 2. The van der Waals surface area contributed by atoms with Crippen LogP contribution in [0.1, 0.15) is 46.0 Å². The normalized spacial score (nSPS) is 15.3. The van der Waals surface area contributed by atoms with Crippen LogP contribution in [-0.2, 0) is 4.79 Å². The highest BCUT2D eigenvalue weighted by Gasteiger charge is 2.29. The standard InChI is InChI=1S/C12H21NO/c1-4-5-6-9-13(11(3)14)10(2)12-7-8-12/h12H,2,4-9H2,1,3H3. The van der Waals surface area contributed by atoms with E-state index in [1.807, 2.05) is 4.90 Å². The quantitative estimate of drug-likeness (QED) is 0.597. The summed E-state index contributed by atoms with van der Waals surface area (Å²) in [6, 6.07) is 0. The molecule has 2 nitrogen and oxygen atoms in total. The van der Waals surface area contributed by atoms with Crippen LogP contribution in [0.3, 0.4) is 0 Å². The molecule has 0 spiro atoms. The van der Waals surface area contributed by atoms with Crippen LogP contribution in [0.25, 0.3) is 0 Å². The number of amides is 1. The molecule has 1 fully saturated rings. The molecule has 0 unspecified atom stereocenters. The zero-order chi connectivity index (χ0) is 10.6. The molecule has 0 heterocycles. The Morgan fingerprint density at radius 1 is 1.43 bits per heavy atom. The second-order valence-electron chi connectivity index (χ2n) is 4.14. The third-order valence-electron chi connectivity index (χ3n) is 2.76. The lowest BCUT2D eigenvalue weighted by atomic mass is 10.2. The van der Waals surface area contributed by atoms with E-state index < -0.39 is 0 Å². The van der Waals surface area contributed by atoms with Crippen LogP contribution in [0, 0.1) is 5.92 Å². The van der Waals surface area contributed by atoms with Crippen molar-refractivity contribution in [2.45, 2.75) is 46.0 Å². The van der Waals surface area contributed by atoms with E-state index in [9.17, 15) is 4.79 Å². The Labute approximate surface area is 87.0 Å². The van der Waals surface area contributed by atoms with Gasteiger partial charge in [0.1, 0.15) is 0 Å². The van der Waals surface area contributed by atoms with E-state index in [1.54, 1.807) is 6.92 Å². The summed E-state index contributed by atoms with van der Waals surface area (Å²) >= 11 is 0. The molecule has 1 amide bonds. The van der Waals surface area contributed by atoms with E-state index in [-0.39, 0.29) is 5.91 Å². The Morgan fingerprint density at radius 3 is 2.50 bits per heavy atom. The van der Waals surface area contributed by atoms with Gasteiger partial charge in [0.25, 0.3) is 0 Å². The molecule has 1 aliphatic carbocycles. The second kappa shape index (κ2) is 5.18. The van der Waals surface area contributed by atoms with Gasteiger partial charge in [-0.05, 0) is 25.2 Å². The molecular formula is C12H21NO. The van der Waals surface area contributed by atoms with E-state index in [2.05, 4.69) is 13.5 Å². The predicted molar refractivity (Wildman–Crippen MR) is 58.8 cm³/mol. The molecule has 0 radical (unpaired) electrons. The van der Waals surface area contributed by atoms with E-state index >= 15 is 0 Å². The Morgan fingerprint density at radius 2 is 2.07 bits per heavy atom. The molecule has 1 saturated carbocycles. The van der Waals surface area contributed by atoms with Crippen LogP contribution in [0.15, 0.2) is 12.3 Å². The first kappa shape index (κ1) is 11.3. The fourth-order valence-corrected chi connectivity index (χ4v) is 1.66. The summed E-state index contributed by atoms with van der Waals surface area (Å²) in [4.78, 5) is 13.2. The average Bonchev–Trinajstić information content (AvgIpc) is 2.93. The van der Waals surface area contributed by atoms with Crippen LogP contribution in [0.2, 0.25) is 0 Å². The summed E-state index contributed by atoms with van der Waals surface area (Å²) in [5.41, 5.74) is 1.05. The van der Waals surface area contributed by atoms with Gasteiger partial charge in [-0.15, -0.1) is 0 Å². The number of rotatable bonds is 6. The monoisotopic (exact) mass is 195 g/mol. The first-order valence-electron chi connectivity index (χ1n) is 5.63. The van der Waals surface area contributed by atoms with Crippen LogP contribution in [-0.4, -0.2) is 17.4 Å². The van der Waals surface area contributed by atoms with Crippen molar-refractivity contribution in [3.05, 3.63) is 12.3 Å². The first-order chi connectivity index (χ1) is 6.66. The highest BCUT2D eigenvalue weighted by molar-refractivity contribution is 5.75. The molecule has 1 aliphatic rings. The number of hydrogen-bond donors (Lipinski definition) is 0. The number of hydrogen-bond acceptors (Lipinski definition) is 1. The highest BCUT2D eigenvalue weighted by Crippen LogP contribution is 2.37. The van der Waals surface area contributed by atoms with Crippen molar-refractivity contribution in [3.63, 3.8) is 0 Å². The summed E-state index contributed by atoms with van der Waals surface area (Å²) in [6.45, 7) is 8.69. The largest absolute Gasteiger partial charge is 0.317 e. The lowest BCUT2D eigenvalue weighted by molar-refractivity contribution is -0.127. The maximum Gasteiger partial charge on any atom is 0.223 e. The summed E-state index contributed by atoms with van der Waals surface area (Å²) in [6.07, 6.45) is 5.93. The zero-order valence-electron chi connectivity index (χ0n) is 9.38. The topological polar surface area (TPSA) is 20.3 Å². The number of carbonyl (C=O) groups excluding carboxylic acids is 1. The fourth-order valence-electron chi connectivity index (χ4n) is 1.66. The fraction of sp³-hybridized carbons (Fsp3) is 0.750. The van der Waals surface area contributed by atoms with Gasteiger partial charge >= 0.3 is 0 Å². The Bertz CT molecular complexity index is 218. The van der Waals surface area contributed by atoms with Gasteiger partial charge in [-0.3, -0.25) is 4.79 Å². The molecule has 0 aromatic heterocycles. The maximum atomic E-state index is 11.4. The average molecular weight is 195 g/mol. The molecule has 0 atom stereocenters. The lowest BCUT2D eigenvalue weighted by Gasteiger charge is -2.23. The van der Waals surface area contributed by atoms with Gasteiger partial charge in [-0.25, -0.2) is 0 Å². The van der Waals surface area contributed by atoms with Crippen molar-refractivity contribution >= 4 is 5.91 Å². The Kier molecular flexibility index (Phi) is 4.18. The lowest BCUT2D eigenvalue weighted by Crippen LogP contribution is -2.29. The van der Waals surface area contributed by atoms with Gasteiger partial charge < -0.3 is 4.90 Å². The van der Waals surface area contributed by atoms with E-state index in [0.717, 1.165) is 18.7 Å². The van der Waals surface area contributed by atoms with Crippen LogP contribution >= 0.6 is 0 Å². The molecule has 14 heavy (non-hydrogen) atoms. The minimum absolute atomic E-state index is 0.151. The second-order valence-corrected chi connectivity index (χ2v) is 4.14. The van der Waals surface area contributed by atoms with E-state index in [0.29, 0.717) is 5.92 Å². The van der Waals surface area contributed by atoms with Gasteiger partial charge in [-0.2, -0.15) is 0 Å². The summed E-state index contributed by atoms with van der Waals surface area (Å²) in [5, 5.41) is 0. The highest BCUT2D eigenvalue weighted by atomic mass is 16.2. The molecule has 80 valence electrons. The predicted octanol–water partition coefficient (Wildman–Crippen LogP) is 2.95. The molecule has 0 aromatic rings. The van der Waals surface area contributed by atoms with Gasteiger partial charge in [0.15, 0.2) is 0 Å². The number of nitrogens with zero attached hydrogens (tertiary/aromatic N) is 1. The molecule has 1 rings (SSSR count). The minimum atomic E-state index is 0.151. The first-order valence-corrected chi connectivity index (χ1v) is 5.63. The van der Waals surface area contributed by atoms with Crippen molar-refractivity contribution in [3.8, 4) is 0 Å². The molecule has 2 heteroatoms. The maximum absolute atomic E-state index is 11.4. The smallest absolute Gasteiger partial charge is 0.223 e. The van der Waals surface area contributed by atoms with Crippen molar-refractivity contribution in [1.29, 1.82) is 0 Å². The summed E-state index contributed by atoms with van der Waals surface area (Å²) < 4.78 is 0. The van der Waals surface area contributed by atoms with Gasteiger partial charge in [0.2, 0.25) is 5.91 Å². The molecule has 0 bridgehead atoms. The number of carbonyl (C=O) groups is 1. The van der Waals surface area contributed by atoms with Crippen molar-refractivity contribution < 1.29 is 4.79 Å². The van der Waals surface area contributed by atoms with E-state index in [4.69, 9.17) is 0 Å². The van der Waals surface area contributed by atoms with Crippen molar-refractivity contribution in [2.75, 3.05) is 6.54 Å². The molecule has 0 N–H and O–H groups in total. The molecule has 0 aromatic carbocycles. The summed E-state index contributed by atoms with van der Waals surface area (Å²) in [7, 11) is 0. The van der Waals surface area contributed by atoms with E-state index in [1.165, 1.54) is 25.7 Å². The van der Waals surface area contributed by atoms with Crippen LogP contribution in [0.4, 0.5) is 0 Å². The van der Waals surface area contributed by atoms with Crippen LogP contribution < -0.4 is 0 Å². The van der Waals surface area contributed by atoms with Crippen molar-refractivity contribution in [1.82, 2.24) is 4.90 Å². The van der Waals surface area contributed by atoms with Gasteiger partial charge in [0.05, 0.1) is 0 Å². The van der Waals surface area contributed by atoms with Crippen molar-refractivity contribution in [2.24, 2.45) is 5.92 Å². The third kappa shape index (κ3) is 3.17. The Balaban J connectivity index is 2.37. The number of allylic oxidation sites excluding steroid dienone is 1. The third-order valence-corrected chi connectivity index (χ3v) is 2.76. The Hall–Kier alpha value is -0.790.